The number of carbonyl (C=O) groups excluding carboxylic acids is 1. The van der Waals surface area contributed by atoms with Crippen molar-refractivity contribution in [2.24, 2.45) is 0 Å². The van der Waals surface area contributed by atoms with E-state index in [1.54, 1.807) is 0 Å². The van der Waals surface area contributed by atoms with Crippen LogP contribution in [0.25, 0.3) is 0 Å². The van der Waals surface area contributed by atoms with E-state index in [-0.39, 0.29) is 30.7 Å². The van der Waals surface area contributed by atoms with Crippen LogP contribution in [0.4, 0.5) is 0 Å². The van der Waals surface area contributed by atoms with Crippen LogP contribution in [0.5, 0.6) is 0 Å². The summed E-state index contributed by atoms with van der Waals surface area (Å²) in [4.78, 5) is 14.3. The maximum absolute atomic E-state index is 12.2. The van der Waals surface area contributed by atoms with Gasteiger partial charge in [0.2, 0.25) is 5.91 Å². The van der Waals surface area contributed by atoms with Gasteiger partial charge in [-0.15, -0.1) is 0 Å². The van der Waals surface area contributed by atoms with Gasteiger partial charge in [0.25, 0.3) is 0 Å². The molecule has 3 atom stereocenters. The van der Waals surface area contributed by atoms with E-state index in [0.29, 0.717) is 0 Å². The number of allylic oxidation sites excluding steroid dienone is 1. The topological polar surface area (TPSA) is 29.5 Å². The molecule has 0 unspecified atom stereocenters. The van der Waals surface area contributed by atoms with Gasteiger partial charge in [-0.2, -0.15) is 0 Å². The summed E-state index contributed by atoms with van der Waals surface area (Å²) in [5.41, 5.74) is 1.19. The van der Waals surface area contributed by atoms with Crippen molar-refractivity contribution >= 4 is 5.91 Å². The molecule has 0 spiro atoms. The average Bonchev–Trinajstić information content (AvgIpc) is 2.47. The monoisotopic (exact) mass is 257 g/mol. The average molecular weight is 257 g/mol. The minimum Gasteiger partial charge on any atom is -0.362 e. The van der Waals surface area contributed by atoms with E-state index in [0.717, 1.165) is 12.8 Å². The molecule has 0 N–H and O–H groups in total. The predicted molar refractivity (Wildman–Crippen MR) is 73.6 cm³/mol. The number of morpholine rings is 1. The molecule has 1 heterocycles. The summed E-state index contributed by atoms with van der Waals surface area (Å²) in [7, 11) is 0. The fourth-order valence-corrected chi connectivity index (χ4v) is 3.08. The Bertz CT molecular complexity index is 483. The standard InChI is InChI=1S/C16H19NO2/c1-12(13-7-3-2-4-8-13)17-14-9-5-6-10-15(14)19-11-16(17)18/h2-4,6-8,10,12,14-15H,5,9,11H2,1H3/t12-,14-,15-/m1/s1. The molecule has 0 radical (unpaired) electrons. The highest BCUT2D eigenvalue weighted by Gasteiger charge is 2.38. The summed E-state index contributed by atoms with van der Waals surface area (Å²) in [6, 6.07) is 10.5. The van der Waals surface area contributed by atoms with Crippen LogP contribution in [0.15, 0.2) is 42.5 Å². The van der Waals surface area contributed by atoms with Gasteiger partial charge in [-0.3, -0.25) is 4.79 Å². The molecule has 2 aliphatic rings. The van der Waals surface area contributed by atoms with Crippen molar-refractivity contribution < 1.29 is 9.53 Å². The van der Waals surface area contributed by atoms with Crippen LogP contribution < -0.4 is 0 Å². The molecular weight excluding hydrogens is 238 g/mol. The first-order valence-electron chi connectivity index (χ1n) is 6.92. The van der Waals surface area contributed by atoms with E-state index in [1.807, 2.05) is 23.1 Å². The van der Waals surface area contributed by atoms with Crippen LogP contribution in [0, 0.1) is 0 Å². The molecule has 1 aromatic carbocycles. The van der Waals surface area contributed by atoms with Gasteiger partial charge in [0.1, 0.15) is 6.61 Å². The molecule has 19 heavy (non-hydrogen) atoms. The normalized spacial score (nSPS) is 28.1. The Morgan fingerprint density at radius 2 is 2.11 bits per heavy atom. The lowest BCUT2D eigenvalue weighted by molar-refractivity contribution is -0.158. The quantitative estimate of drug-likeness (QED) is 0.762. The maximum atomic E-state index is 12.2. The highest BCUT2D eigenvalue weighted by atomic mass is 16.5. The molecule has 0 aromatic heterocycles. The van der Waals surface area contributed by atoms with Crippen LogP contribution in [0.1, 0.15) is 31.4 Å². The minimum absolute atomic E-state index is 0.0672. The Labute approximate surface area is 113 Å². The zero-order chi connectivity index (χ0) is 13.2. The van der Waals surface area contributed by atoms with E-state index in [9.17, 15) is 4.79 Å². The summed E-state index contributed by atoms with van der Waals surface area (Å²) in [6.07, 6.45) is 6.34. The van der Waals surface area contributed by atoms with Crippen LogP contribution in [0.3, 0.4) is 0 Å². The van der Waals surface area contributed by atoms with E-state index >= 15 is 0 Å². The number of benzene rings is 1. The Balaban J connectivity index is 1.88. The van der Waals surface area contributed by atoms with Crippen molar-refractivity contribution in [2.75, 3.05) is 6.61 Å². The Morgan fingerprint density at radius 1 is 1.32 bits per heavy atom. The van der Waals surface area contributed by atoms with E-state index < -0.39 is 0 Å². The largest absolute Gasteiger partial charge is 0.362 e. The second-order valence-corrected chi connectivity index (χ2v) is 5.24. The number of rotatable bonds is 2. The third-order valence-corrected chi connectivity index (χ3v) is 4.08. The van der Waals surface area contributed by atoms with E-state index in [2.05, 4.69) is 31.2 Å². The molecule has 1 aromatic rings. The molecule has 1 aliphatic carbocycles. The van der Waals surface area contributed by atoms with Crippen molar-refractivity contribution in [1.29, 1.82) is 0 Å². The van der Waals surface area contributed by atoms with Crippen LogP contribution in [-0.4, -0.2) is 29.6 Å². The van der Waals surface area contributed by atoms with Gasteiger partial charge in [-0.05, 0) is 25.3 Å². The van der Waals surface area contributed by atoms with Crippen molar-refractivity contribution in [3.05, 3.63) is 48.0 Å². The summed E-state index contributed by atoms with van der Waals surface area (Å²) in [5.74, 6) is 0.105. The zero-order valence-corrected chi connectivity index (χ0v) is 11.2. The van der Waals surface area contributed by atoms with Crippen LogP contribution in [-0.2, 0) is 9.53 Å². The first-order chi connectivity index (χ1) is 9.27. The van der Waals surface area contributed by atoms with Gasteiger partial charge in [0.15, 0.2) is 0 Å². The minimum atomic E-state index is 0.0672. The number of hydrogen-bond donors (Lipinski definition) is 0. The van der Waals surface area contributed by atoms with Gasteiger partial charge in [0.05, 0.1) is 18.2 Å². The highest BCUT2D eigenvalue weighted by molar-refractivity contribution is 5.79. The second-order valence-electron chi connectivity index (χ2n) is 5.24. The fraction of sp³-hybridized carbons (Fsp3) is 0.438. The van der Waals surface area contributed by atoms with Gasteiger partial charge < -0.3 is 9.64 Å². The van der Waals surface area contributed by atoms with E-state index in [1.165, 1.54) is 5.56 Å². The van der Waals surface area contributed by atoms with Crippen molar-refractivity contribution in [1.82, 2.24) is 4.90 Å². The van der Waals surface area contributed by atoms with Crippen molar-refractivity contribution in [3.8, 4) is 0 Å². The molecule has 1 fully saturated rings. The van der Waals surface area contributed by atoms with E-state index in [4.69, 9.17) is 4.74 Å². The maximum Gasteiger partial charge on any atom is 0.249 e. The molecule has 1 saturated heterocycles. The number of carbonyl (C=O) groups is 1. The summed E-state index contributed by atoms with van der Waals surface area (Å²) in [6.45, 7) is 2.30. The molecule has 3 heteroatoms. The number of amides is 1. The third kappa shape index (κ3) is 2.30. The van der Waals surface area contributed by atoms with Crippen LogP contribution in [0.2, 0.25) is 0 Å². The van der Waals surface area contributed by atoms with Crippen molar-refractivity contribution in [3.63, 3.8) is 0 Å². The van der Waals surface area contributed by atoms with Gasteiger partial charge >= 0.3 is 0 Å². The first-order valence-corrected chi connectivity index (χ1v) is 6.92. The molecule has 3 rings (SSSR count). The lowest BCUT2D eigenvalue weighted by atomic mass is 9.93. The van der Waals surface area contributed by atoms with Gasteiger partial charge in [-0.1, -0.05) is 42.5 Å². The van der Waals surface area contributed by atoms with Gasteiger partial charge in [-0.25, -0.2) is 0 Å². The Hall–Kier alpha value is -1.61. The second kappa shape index (κ2) is 5.17. The van der Waals surface area contributed by atoms with Gasteiger partial charge in [0, 0.05) is 0 Å². The lowest BCUT2D eigenvalue weighted by Crippen LogP contribution is -2.55. The lowest BCUT2D eigenvalue weighted by Gasteiger charge is -2.44. The molecular formula is C16H19NO2. The number of hydrogen-bond acceptors (Lipinski definition) is 2. The van der Waals surface area contributed by atoms with Crippen molar-refractivity contribution in [2.45, 2.75) is 38.0 Å². The molecule has 0 saturated carbocycles. The molecule has 1 amide bonds. The Morgan fingerprint density at radius 3 is 2.89 bits per heavy atom. The summed E-state index contributed by atoms with van der Waals surface area (Å²) >= 11 is 0. The zero-order valence-electron chi connectivity index (χ0n) is 11.2. The first kappa shape index (κ1) is 12.4. The number of fused-ring (bicyclic) bond motifs is 1. The number of ether oxygens (including phenoxy) is 1. The fourth-order valence-electron chi connectivity index (χ4n) is 3.08. The molecule has 0 bridgehead atoms. The smallest absolute Gasteiger partial charge is 0.249 e. The summed E-state index contributed by atoms with van der Waals surface area (Å²) in [5, 5.41) is 0. The predicted octanol–water partition coefficient (Wildman–Crippen LogP) is 2.69. The summed E-state index contributed by atoms with van der Waals surface area (Å²) < 4.78 is 5.63. The molecule has 1 aliphatic heterocycles. The third-order valence-electron chi connectivity index (χ3n) is 4.08. The van der Waals surface area contributed by atoms with Crippen LogP contribution >= 0.6 is 0 Å². The number of nitrogens with zero attached hydrogens (tertiary/aromatic N) is 1. The highest BCUT2D eigenvalue weighted by Crippen LogP contribution is 2.32. The molecule has 3 nitrogen and oxygen atoms in total. The SMILES string of the molecule is C[C@H](c1ccccc1)N1C(=O)CO[C@@H]2C=CCC[C@H]21. The molecule has 100 valence electrons. The Kier molecular flexibility index (Phi) is 3.38.